The molecule has 0 atom stereocenters. The van der Waals surface area contributed by atoms with Gasteiger partial charge in [-0.1, -0.05) is 65.2 Å². The predicted octanol–water partition coefficient (Wildman–Crippen LogP) is -11.3. The Labute approximate surface area is 203 Å². The van der Waals surface area contributed by atoms with Crippen molar-refractivity contribution in [3.8, 4) is 0 Å². The van der Waals surface area contributed by atoms with Gasteiger partial charge < -0.3 is 73.5 Å². The average Bonchev–Trinajstić information content (AvgIpc) is 2.38. The molecule has 26 heavy (non-hydrogen) atoms. The third-order valence-electron chi connectivity index (χ3n) is 3.05. The molecule has 0 saturated carbocycles. The Morgan fingerprint density at radius 3 is 0.962 bits per heavy atom. The maximum absolute atomic E-state index is 10.3. The van der Waals surface area contributed by atoms with Crippen LogP contribution in [0, 0.1) is 0 Å². The van der Waals surface area contributed by atoms with Crippen LogP contribution in [0.1, 0.15) is 90.9 Å². The summed E-state index contributed by atoms with van der Waals surface area (Å²) in [5.41, 5.74) is 9.94. The summed E-state index contributed by atoms with van der Waals surface area (Å²) in [5, 5.41) is 0. The minimum absolute atomic E-state index is 0. The zero-order chi connectivity index (χ0) is 15.6. The van der Waals surface area contributed by atoms with E-state index in [1.54, 1.807) is 0 Å². The van der Waals surface area contributed by atoms with Crippen LogP contribution >= 0.6 is 0 Å². The number of amides is 2. The van der Waals surface area contributed by atoms with Gasteiger partial charge in [0, 0.05) is 31.4 Å². The summed E-state index contributed by atoms with van der Waals surface area (Å²) in [4.78, 5) is 20.5. The van der Waals surface area contributed by atoms with E-state index in [0.29, 0.717) is 12.8 Å². The molecule has 0 fully saturated rings. The summed E-state index contributed by atoms with van der Waals surface area (Å²) in [6.07, 6.45) is 12.9. The first-order chi connectivity index (χ1) is 9.54. The summed E-state index contributed by atoms with van der Waals surface area (Å²) in [5.74, 6) is -0.340. The monoisotopic (exact) mass is 512 g/mol. The van der Waals surface area contributed by atoms with Gasteiger partial charge in [0.25, 0.3) is 0 Å². The molecular weight excluding hydrogens is 480 g/mol. The van der Waals surface area contributed by atoms with E-state index in [2.05, 4.69) is 13.8 Å². The normalized spacial score (nSPS) is 7.46. The fraction of sp³-hybridized carbons (Fsp3) is 0.875. The molecule has 0 bridgehead atoms. The molecule has 0 rings (SSSR count). The second-order valence-electron chi connectivity index (χ2n) is 5.26. The minimum atomic E-state index is -0.170. The standard InChI is InChI=1S/2C8H17NO.5ClH.V/c2*1-2-3-4-5-6-7-8(9)10;;;;;;/h2*2-7H2,1H3,(H2,9,10);5*1H;/p-5. The number of carbonyl (C=O) groups excluding carboxylic acids is 2. The van der Waals surface area contributed by atoms with E-state index in [0.717, 1.165) is 25.7 Å². The Morgan fingerprint density at radius 1 is 0.538 bits per heavy atom. The molecule has 0 unspecified atom stereocenters. The van der Waals surface area contributed by atoms with Gasteiger partial charge in [-0.3, -0.25) is 9.59 Å². The van der Waals surface area contributed by atoms with E-state index in [9.17, 15) is 9.59 Å². The van der Waals surface area contributed by atoms with Crippen LogP contribution in [0.15, 0.2) is 0 Å². The molecule has 0 aliphatic rings. The second kappa shape index (κ2) is 45.0. The molecule has 0 aromatic carbocycles. The minimum Gasteiger partial charge on any atom is -1.00 e. The van der Waals surface area contributed by atoms with Gasteiger partial charge in [0.2, 0.25) is 11.8 Å². The number of primary amides is 2. The van der Waals surface area contributed by atoms with E-state index < -0.39 is 0 Å². The van der Waals surface area contributed by atoms with Crippen LogP contribution in [-0.2, 0) is 28.1 Å². The molecule has 10 heteroatoms. The number of carbonyl (C=O) groups is 2. The van der Waals surface area contributed by atoms with Gasteiger partial charge in [-0.25, -0.2) is 0 Å². The van der Waals surface area contributed by atoms with Gasteiger partial charge in [0.1, 0.15) is 0 Å². The Bertz CT molecular complexity index is 231. The van der Waals surface area contributed by atoms with Crippen LogP contribution in [0.5, 0.6) is 0 Å². The molecule has 0 aromatic rings. The fourth-order valence-corrected chi connectivity index (χ4v) is 1.81. The predicted molar refractivity (Wildman–Crippen MR) is 85.1 cm³/mol. The third kappa shape index (κ3) is 64.0. The Morgan fingerprint density at radius 2 is 0.769 bits per heavy atom. The van der Waals surface area contributed by atoms with Crippen LogP contribution in [0.3, 0.4) is 0 Å². The molecule has 0 aromatic heterocycles. The van der Waals surface area contributed by atoms with E-state index in [1.165, 1.54) is 38.5 Å². The molecule has 2 amide bonds. The number of halogens is 5. The van der Waals surface area contributed by atoms with E-state index >= 15 is 0 Å². The molecular formula is C16H34Cl5N2O2V-5. The number of nitrogens with two attached hydrogens (primary N) is 2. The molecule has 0 spiro atoms. The van der Waals surface area contributed by atoms with Crippen molar-refractivity contribution in [2.24, 2.45) is 11.5 Å². The van der Waals surface area contributed by atoms with Crippen molar-refractivity contribution in [3.05, 3.63) is 0 Å². The van der Waals surface area contributed by atoms with Crippen LogP contribution < -0.4 is 73.5 Å². The Hall–Kier alpha value is 0.974. The SMILES string of the molecule is CCCCCCCC(N)=O.CCCCCCCC(N)=O.[Cl-].[Cl-].[Cl-].[Cl-].[Cl-].[V]. The topological polar surface area (TPSA) is 86.2 Å². The van der Waals surface area contributed by atoms with Gasteiger partial charge in [0.15, 0.2) is 0 Å². The van der Waals surface area contributed by atoms with Gasteiger partial charge in [-0.05, 0) is 12.8 Å². The van der Waals surface area contributed by atoms with Crippen LogP contribution in [0.4, 0.5) is 0 Å². The summed E-state index contributed by atoms with van der Waals surface area (Å²) >= 11 is 0. The van der Waals surface area contributed by atoms with Gasteiger partial charge in [-0.15, -0.1) is 0 Å². The van der Waals surface area contributed by atoms with E-state index in [-0.39, 0.29) is 92.4 Å². The Kier molecular flexibility index (Phi) is 87.5. The first kappa shape index (κ1) is 50.5. The molecule has 0 saturated heterocycles. The van der Waals surface area contributed by atoms with Crippen molar-refractivity contribution in [2.45, 2.75) is 90.9 Å². The molecule has 0 heterocycles. The third-order valence-corrected chi connectivity index (χ3v) is 3.05. The van der Waals surface area contributed by atoms with Crippen LogP contribution in [0.25, 0.3) is 0 Å². The molecule has 165 valence electrons. The van der Waals surface area contributed by atoms with Crippen LogP contribution in [-0.4, -0.2) is 11.8 Å². The summed E-state index contributed by atoms with van der Waals surface area (Å²) in [6, 6.07) is 0. The largest absolute Gasteiger partial charge is 1.00 e. The zero-order valence-corrected chi connectivity index (χ0v) is 21.0. The van der Waals surface area contributed by atoms with Crippen molar-refractivity contribution in [3.63, 3.8) is 0 Å². The Balaban J connectivity index is -0.0000000337. The van der Waals surface area contributed by atoms with Crippen molar-refractivity contribution >= 4 is 11.8 Å². The van der Waals surface area contributed by atoms with Gasteiger partial charge in [-0.2, -0.15) is 0 Å². The van der Waals surface area contributed by atoms with Crippen LogP contribution in [0.2, 0.25) is 0 Å². The number of unbranched alkanes of at least 4 members (excludes halogenated alkanes) is 8. The van der Waals surface area contributed by atoms with Gasteiger partial charge >= 0.3 is 0 Å². The van der Waals surface area contributed by atoms with Crippen molar-refractivity contribution < 1.29 is 90.2 Å². The van der Waals surface area contributed by atoms with E-state index in [4.69, 9.17) is 11.5 Å². The molecule has 0 aliphatic heterocycles. The quantitative estimate of drug-likeness (QED) is 0.254. The van der Waals surface area contributed by atoms with Crippen molar-refractivity contribution in [1.82, 2.24) is 0 Å². The maximum atomic E-state index is 10.3. The van der Waals surface area contributed by atoms with Crippen molar-refractivity contribution in [2.75, 3.05) is 0 Å². The zero-order valence-electron chi connectivity index (χ0n) is 15.8. The molecule has 1 radical (unpaired) electrons. The second-order valence-corrected chi connectivity index (χ2v) is 5.26. The number of hydrogen-bond donors (Lipinski definition) is 2. The smallest absolute Gasteiger partial charge is 0.217 e. The summed E-state index contributed by atoms with van der Waals surface area (Å²) in [7, 11) is 0. The fourth-order valence-electron chi connectivity index (χ4n) is 1.81. The first-order valence-corrected chi connectivity index (χ1v) is 8.11. The maximum Gasteiger partial charge on any atom is 0.217 e. The first-order valence-electron chi connectivity index (χ1n) is 8.11. The number of rotatable bonds is 12. The molecule has 0 aliphatic carbocycles. The molecule has 4 N–H and O–H groups in total. The number of hydrogen-bond acceptors (Lipinski definition) is 2. The molecule has 4 nitrogen and oxygen atoms in total. The summed E-state index contributed by atoms with van der Waals surface area (Å²) < 4.78 is 0. The van der Waals surface area contributed by atoms with E-state index in [1.807, 2.05) is 0 Å². The van der Waals surface area contributed by atoms with Crippen molar-refractivity contribution in [1.29, 1.82) is 0 Å². The summed E-state index contributed by atoms with van der Waals surface area (Å²) in [6.45, 7) is 4.35. The van der Waals surface area contributed by atoms with Gasteiger partial charge in [0.05, 0.1) is 0 Å². The average molecular weight is 515 g/mol.